The van der Waals surface area contributed by atoms with Gasteiger partial charge in [0.2, 0.25) is 0 Å². The van der Waals surface area contributed by atoms with Crippen molar-refractivity contribution in [2.75, 3.05) is 13.2 Å². The summed E-state index contributed by atoms with van der Waals surface area (Å²) < 4.78 is 6.36. The highest BCUT2D eigenvalue weighted by Crippen LogP contribution is 2.28. The molecule has 0 unspecified atom stereocenters. The van der Waals surface area contributed by atoms with Gasteiger partial charge in [0.1, 0.15) is 5.75 Å². The Morgan fingerprint density at radius 2 is 2.20 bits per heavy atom. The second kappa shape index (κ2) is 6.10. The predicted octanol–water partition coefficient (Wildman–Crippen LogP) is 2.26. The minimum atomic E-state index is -0.563. The third kappa shape index (κ3) is 3.81. The Labute approximate surface area is 97.8 Å². The van der Waals surface area contributed by atoms with Gasteiger partial charge < -0.3 is 14.9 Å². The average molecular weight is 275 g/mol. The van der Waals surface area contributed by atoms with E-state index in [0.29, 0.717) is 18.8 Å². The van der Waals surface area contributed by atoms with Gasteiger partial charge in [-0.15, -0.1) is 0 Å². The van der Waals surface area contributed by atoms with E-state index < -0.39 is 6.10 Å². The summed E-state index contributed by atoms with van der Waals surface area (Å²) in [6.45, 7) is 2.26. The van der Waals surface area contributed by atoms with Crippen LogP contribution in [0.3, 0.4) is 0 Å². The monoisotopic (exact) mass is 274 g/mol. The summed E-state index contributed by atoms with van der Waals surface area (Å²) >= 11 is 3.34. The van der Waals surface area contributed by atoms with Crippen molar-refractivity contribution in [1.82, 2.24) is 0 Å². The first-order chi connectivity index (χ1) is 7.15. The molecule has 0 aliphatic rings. The molecule has 0 fully saturated rings. The predicted molar refractivity (Wildman–Crippen MR) is 62.0 cm³/mol. The fourth-order valence-electron chi connectivity index (χ4n) is 1.22. The van der Waals surface area contributed by atoms with Gasteiger partial charge in [0, 0.05) is 23.1 Å². The van der Waals surface area contributed by atoms with Crippen molar-refractivity contribution in [3.05, 3.63) is 28.2 Å². The molecule has 0 bridgehead atoms. The fourth-order valence-corrected chi connectivity index (χ4v) is 1.60. The molecular formula is C11H15BrO3. The standard InChI is InChI=1S/C11H15BrO3/c1-8(14)10-7-9(12)3-4-11(10)15-6-2-5-13/h3-4,7-8,13-14H,2,5-6H2,1H3/t8-/m1/s1. The van der Waals surface area contributed by atoms with E-state index >= 15 is 0 Å². The van der Waals surface area contributed by atoms with Crippen LogP contribution < -0.4 is 4.74 Å². The molecule has 1 aromatic carbocycles. The minimum Gasteiger partial charge on any atom is -0.493 e. The molecule has 0 spiro atoms. The summed E-state index contributed by atoms with van der Waals surface area (Å²) in [4.78, 5) is 0. The molecule has 0 amide bonds. The first-order valence-corrected chi connectivity index (χ1v) is 5.65. The van der Waals surface area contributed by atoms with Crippen molar-refractivity contribution >= 4 is 15.9 Å². The summed E-state index contributed by atoms with van der Waals surface area (Å²) in [5, 5.41) is 18.2. The van der Waals surface area contributed by atoms with E-state index in [4.69, 9.17) is 9.84 Å². The molecule has 1 atom stereocenters. The average Bonchev–Trinajstić information content (AvgIpc) is 2.20. The molecule has 0 heterocycles. The molecule has 3 nitrogen and oxygen atoms in total. The quantitative estimate of drug-likeness (QED) is 0.810. The maximum Gasteiger partial charge on any atom is 0.125 e. The van der Waals surface area contributed by atoms with E-state index in [1.165, 1.54) is 0 Å². The van der Waals surface area contributed by atoms with Gasteiger partial charge in [-0.1, -0.05) is 15.9 Å². The molecule has 1 rings (SSSR count). The molecule has 0 aromatic heterocycles. The van der Waals surface area contributed by atoms with Crippen LogP contribution in [0.5, 0.6) is 5.75 Å². The Hall–Kier alpha value is -0.580. The number of aliphatic hydroxyl groups excluding tert-OH is 2. The van der Waals surface area contributed by atoms with Gasteiger partial charge in [-0.2, -0.15) is 0 Å². The Bertz CT molecular complexity index is 313. The Morgan fingerprint density at radius 1 is 1.47 bits per heavy atom. The highest BCUT2D eigenvalue weighted by molar-refractivity contribution is 9.10. The van der Waals surface area contributed by atoms with E-state index in [2.05, 4.69) is 15.9 Å². The second-order valence-corrected chi connectivity index (χ2v) is 4.20. The smallest absolute Gasteiger partial charge is 0.125 e. The molecule has 0 radical (unpaired) electrons. The first-order valence-electron chi connectivity index (χ1n) is 4.86. The van der Waals surface area contributed by atoms with E-state index in [9.17, 15) is 5.11 Å². The molecule has 1 aromatic rings. The second-order valence-electron chi connectivity index (χ2n) is 3.28. The molecule has 0 aliphatic carbocycles. The SMILES string of the molecule is C[C@@H](O)c1cc(Br)ccc1OCCCO. The summed E-state index contributed by atoms with van der Waals surface area (Å²) in [5.41, 5.74) is 0.752. The maximum atomic E-state index is 9.54. The van der Waals surface area contributed by atoms with E-state index in [1.807, 2.05) is 18.2 Å². The number of aliphatic hydroxyl groups is 2. The largest absolute Gasteiger partial charge is 0.493 e. The van der Waals surface area contributed by atoms with Crippen molar-refractivity contribution in [2.45, 2.75) is 19.4 Å². The summed E-state index contributed by atoms with van der Waals surface area (Å²) in [6, 6.07) is 5.50. The molecule has 0 saturated heterocycles. The van der Waals surface area contributed by atoms with E-state index in [1.54, 1.807) is 6.92 Å². The molecule has 4 heteroatoms. The van der Waals surface area contributed by atoms with E-state index in [-0.39, 0.29) is 6.61 Å². The van der Waals surface area contributed by atoms with Gasteiger partial charge in [-0.05, 0) is 25.1 Å². The normalized spacial score (nSPS) is 12.5. The maximum absolute atomic E-state index is 9.54. The van der Waals surface area contributed by atoms with Crippen molar-refractivity contribution in [3.8, 4) is 5.75 Å². The van der Waals surface area contributed by atoms with Crippen molar-refractivity contribution in [2.24, 2.45) is 0 Å². The van der Waals surface area contributed by atoms with Crippen LogP contribution >= 0.6 is 15.9 Å². The number of benzene rings is 1. The van der Waals surface area contributed by atoms with Crippen molar-refractivity contribution < 1.29 is 14.9 Å². The van der Waals surface area contributed by atoms with Gasteiger partial charge >= 0.3 is 0 Å². The third-order valence-electron chi connectivity index (χ3n) is 1.98. The van der Waals surface area contributed by atoms with Gasteiger partial charge in [0.05, 0.1) is 12.7 Å². The zero-order chi connectivity index (χ0) is 11.3. The number of hydrogen-bond donors (Lipinski definition) is 2. The third-order valence-corrected chi connectivity index (χ3v) is 2.48. The van der Waals surface area contributed by atoms with Crippen molar-refractivity contribution in [1.29, 1.82) is 0 Å². The van der Waals surface area contributed by atoms with Crippen LogP contribution in [0.2, 0.25) is 0 Å². The highest BCUT2D eigenvalue weighted by atomic mass is 79.9. The minimum absolute atomic E-state index is 0.112. The lowest BCUT2D eigenvalue weighted by molar-refractivity contribution is 0.187. The van der Waals surface area contributed by atoms with Crippen molar-refractivity contribution in [3.63, 3.8) is 0 Å². The Kier molecular flexibility index (Phi) is 5.08. The van der Waals surface area contributed by atoms with Crippen LogP contribution in [-0.4, -0.2) is 23.4 Å². The number of rotatable bonds is 5. The summed E-state index contributed by atoms with van der Waals surface area (Å²) in [5.74, 6) is 0.668. The van der Waals surface area contributed by atoms with Gasteiger partial charge in [-0.25, -0.2) is 0 Å². The topological polar surface area (TPSA) is 49.7 Å². The van der Waals surface area contributed by atoms with Gasteiger partial charge in [0.15, 0.2) is 0 Å². The number of hydrogen-bond acceptors (Lipinski definition) is 3. The summed E-state index contributed by atoms with van der Waals surface area (Å²) in [6.07, 6.45) is 0.0293. The molecule has 0 saturated carbocycles. The molecular weight excluding hydrogens is 260 g/mol. The van der Waals surface area contributed by atoms with Crippen LogP contribution in [0.25, 0.3) is 0 Å². The Morgan fingerprint density at radius 3 is 2.80 bits per heavy atom. The zero-order valence-electron chi connectivity index (χ0n) is 8.61. The van der Waals surface area contributed by atoms with Crippen LogP contribution in [0.1, 0.15) is 25.0 Å². The lowest BCUT2D eigenvalue weighted by Crippen LogP contribution is -2.03. The van der Waals surface area contributed by atoms with Crippen LogP contribution in [0.15, 0.2) is 22.7 Å². The Balaban J connectivity index is 2.77. The molecule has 0 aliphatic heterocycles. The number of halogens is 1. The van der Waals surface area contributed by atoms with E-state index in [0.717, 1.165) is 10.0 Å². The lowest BCUT2D eigenvalue weighted by atomic mass is 10.1. The molecule has 84 valence electrons. The molecule has 15 heavy (non-hydrogen) atoms. The zero-order valence-corrected chi connectivity index (χ0v) is 10.2. The lowest BCUT2D eigenvalue weighted by Gasteiger charge is -2.13. The molecule has 2 N–H and O–H groups in total. The van der Waals surface area contributed by atoms with Crippen LogP contribution in [-0.2, 0) is 0 Å². The summed E-state index contributed by atoms with van der Waals surface area (Å²) in [7, 11) is 0. The van der Waals surface area contributed by atoms with Gasteiger partial charge in [0.25, 0.3) is 0 Å². The van der Waals surface area contributed by atoms with Crippen LogP contribution in [0, 0.1) is 0 Å². The van der Waals surface area contributed by atoms with Gasteiger partial charge in [-0.3, -0.25) is 0 Å². The fraction of sp³-hybridized carbons (Fsp3) is 0.455. The highest BCUT2D eigenvalue weighted by Gasteiger charge is 2.09. The number of ether oxygens (including phenoxy) is 1. The van der Waals surface area contributed by atoms with Crippen LogP contribution in [0.4, 0.5) is 0 Å². The first kappa shape index (κ1) is 12.5.